The maximum atomic E-state index is 12.8. The molecule has 114 valence electrons. The summed E-state index contributed by atoms with van der Waals surface area (Å²) < 4.78 is 18.0. The van der Waals surface area contributed by atoms with Gasteiger partial charge in [-0.05, 0) is 43.5 Å². The predicted molar refractivity (Wildman–Crippen MR) is 82.1 cm³/mol. The third-order valence-electron chi connectivity index (χ3n) is 3.56. The van der Waals surface area contributed by atoms with Gasteiger partial charge in [0.1, 0.15) is 5.82 Å². The second kappa shape index (κ2) is 6.77. The van der Waals surface area contributed by atoms with Gasteiger partial charge in [-0.3, -0.25) is 0 Å². The van der Waals surface area contributed by atoms with E-state index < -0.39 is 0 Å². The van der Waals surface area contributed by atoms with Gasteiger partial charge in [-0.15, -0.1) is 24.2 Å². The minimum Gasteiger partial charge on any atom is -0.339 e. The largest absolute Gasteiger partial charge is 0.339 e. The van der Waals surface area contributed by atoms with Gasteiger partial charge >= 0.3 is 0 Å². The van der Waals surface area contributed by atoms with E-state index in [0.717, 1.165) is 29.9 Å². The topological polar surface area (TPSA) is 64.9 Å². The fourth-order valence-electron chi connectivity index (χ4n) is 2.13. The van der Waals surface area contributed by atoms with Crippen molar-refractivity contribution in [2.24, 2.45) is 5.73 Å². The van der Waals surface area contributed by atoms with Crippen LogP contribution in [0.1, 0.15) is 31.0 Å². The van der Waals surface area contributed by atoms with Crippen LogP contribution >= 0.6 is 24.2 Å². The zero-order valence-corrected chi connectivity index (χ0v) is 13.1. The Morgan fingerprint density at radius 1 is 1.29 bits per heavy atom. The zero-order chi connectivity index (χ0) is 14.0. The summed E-state index contributed by atoms with van der Waals surface area (Å²) in [6.45, 7) is 0. The minimum absolute atomic E-state index is 0. The molecule has 1 saturated carbocycles. The van der Waals surface area contributed by atoms with Crippen molar-refractivity contribution in [3.05, 3.63) is 41.8 Å². The zero-order valence-electron chi connectivity index (χ0n) is 11.4. The Hall–Kier alpha value is -1.11. The van der Waals surface area contributed by atoms with Crippen molar-refractivity contribution >= 4 is 24.2 Å². The highest BCUT2D eigenvalue weighted by atomic mass is 35.5. The molecule has 2 aromatic rings. The van der Waals surface area contributed by atoms with Crippen LogP contribution in [0, 0.1) is 5.82 Å². The molecule has 0 bridgehead atoms. The number of aromatic nitrogens is 2. The molecule has 2 N–H and O–H groups in total. The fraction of sp³-hybridized carbons (Fsp3) is 0.429. The average molecular weight is 330 g/mol. The molecule has 7 heteroatoms. The second-order valence-electron chi connectivity index (χ2n) is 5.07. The lowest BCUT2D eigenvalue weighted by atomic mass is 9.77. The highest BCUT2D eigenvalue weighted by molar-refractivity contribution is 7.99. The summed E-state index contributed by atoms with van der Waals surface area (Å²) >= 11 is 1.63. The number of rotatable bonds is 5. The predicted octanol–water partition coefficient (Wildman–Crippen LogP) is 3.30. The van der Waals surface area contributed by atoms with Crippen molar-refractivity contribution in [3.8, 4) is 0 Å². The molecule has 1 aliphatic rings. The first-order chi connectivity index (χ1) is 9.66. The molecule has 0 unspecified atom stereocenters. The molecule has 1 heterocycles. The van der Waals surface area contributed by atoms with E-state index in [4.69, 9.17) is 10.3 Å². The molecule has 0 amide bonds. The van der Waals surface area contributed by atoms with E-state index in [1.807, 2.05) is 0 Å². The number of halogens is 2. The molecule has 1 fully saturated rings. The Morgan fingerprint density at radius 3 is 2.62 bits per heavy atom. The second-order valence-corrected chi connectivity index (χ2v) is 6.24. The summed E-state index contributed by atoms with van der Waals surface area (Å²) in [5.74, 6) is 1.84. The van der Waals surface area contributed by atoms with Gasteiger partial charge in [-0.2, -0.15) is 4.98 Å². The number of benzene rings is 1. The van der Waals surface area contributed by atoms with Gasteiger partial charge in [0.2, 0.25) is 5.89 Å². The lowest BCUT2D eigenvalue weighted by Crippen LogP contribution is -2.44. The lowest BCUT2D eigenvalue weighted by Gasteiger charge is -2.34. The van der Waals surface area contributed by atoms with Gasteiger partial charge in [0.05, 0.1) is 5.54 Å². The van der Waals surface area contributed by atoms with Crippen LogP contribution in [0.15, 0.2) is 33.7 Å². The van der Waals surface area contributed by atoms with Crippen molar-refractivity contribution in [2.45, 2.75) is 36.1 Å². The highest BCUT2D eigenvalue weighted by Gasteiger charge is 2.38. The van der Waals surface area contributed by atoms with Crippen molar-refractivity contribution in [1.82, 2.24) is 10.1 Å². The van der Waals surface area contributed by atoms with E-state index in [1.54, 1.807) is 23.9 Å². The van der Waals surface area contributed by atoms with Crippen LogP contribution in [0.2, 0.25) is 0 Å². The highest BCUT2D eigenvalue weighted by Crippen LogP contribution is 2.36. The molecule has 0 aliphatic heterocycles. The first kappa shape index (κ1) is 16.3. The molecule has 0 saturated heterocycles. The summed E-state index contributed by atoms with van der Waals surface area (Å²) in [4.78, 5) is 5.40. The molecule has 1 aromatic heterocycles. The van der Waals surface area contributed by atoms with E-state index in [1.165, 1.54) is 12.1 Å². The normalized spacial score (nSPS) is 16.1. The molecule has 3 rings (SSSR count). The number of nitrogens with two attached hydrogens (primary N) is 1. The van der Waals surface area contributed by atoms with Gasteiger partial charge in [0.25, 0.3) is 0 Å². The standard InChI is InChI=1S/C14H16FN3OS.ClH/c15-10-2-4-11(5-3-10)20-9-6-12-17-13(18-19-12)14(16)7-1-8-14;/h2-5H,1,6-9,16H2;1H. The Kier molecular flexibility index (Phi) is 5.24. The van der Waals surface area contributed by atoms with Crippen molar-refractivity contribution < 1.29 is 8.91 Å². The summed E-state index contributed by atoms with van der Waals surface area (Å²) in [7, 11) is 0. The van der Waals surface area contributed by atoms with E-state index in [2.05, 4.69) is 10.1 Å². The van der Waals surface area contributed by atoms with Gasteiger partial charge in [0, 0.05) is 17.1 Å². The molecule has 21 heavy (non-hydrogen) atoms. The minimum atomic E-state index is -0.369. The van der Waals surface area contributed by atoms with E-state index in [-0.39, 0.29) is 23.8 Å². The molecule has 4 nitrogen and oxygen atoms in total. The number of hydrogen-bond acceptors (Lipinski definition) is 5. The molecular weight excluding hydrogens is 313 g/mol. The molecule has 0 spiro atoms. The van der Waals surface area contributed by atoms with E-state index in [0.29, 0.717) is 18.1 Å². The molecule has 1 aliphatic carbocycles. The Labute approximate surface area is 133 Å². The van der Waals surface area contributed by atoms with Crippen LogP contribution in [-0.4, -0.2) is 15.9 Å². The summed E-state index contributed by atoms with van der Waals surface area (Å²) in [5.41, 5.74) is 5.78. The van der Waals surface area contributed by atoms with Crippen LogP contribution in [-0.2, 0) is 12.0 Å². The summed E-state index contributed by atoms with van der Waals surface area (Å²) in [5, 5.41) is 3.98. The SMILES string of the molecule is Cl.NC1(c2noc(CCSc3ccc(F)cc3)n2)CCC1. The summed E-state index contributed by atoms with van der Waals surface area (Å²) in [6, 6.07) is 6.45. The Balaban J connectivity index is 0.00000161. The Bertz CT molecular complexity index is 586. The third-order valence-corrected chi connectivity index (χ3v) is 4.57. The van der Waals surface area contributed by atoms with Crippen molar-refractivity contribution in [2.75, 3.05) is 5.75 Å². The number of nitrogens with zero attached hydrogens (tertiary/aromatic N) is 2. The van der Waals surface area contributed by atoms with Crippen LogP contribution < -0.4 is 5.73 Å². The van der Waals surface area contributed by atoms with Gasteiger partial charge in [-0.25, -0.2) is 4.39 Å². The van der Waals surface area contributed by atoms with Crippen LogP contribution in [0.3, 0.4) is 0 Å². The molecule has 0 radical (unpaired) electrons. The van der Waals surface area contributed by atoms with Crippen molar-refractivity contribution in [3.63, 3.8) is 0 Å². The third kappa shape index (κ3) is 3.75. The van der Waals surface area contributed by atoms with E-state index >= 15 is 0 Å². The quantitative estimate of drug-likeness (QED) is 0.853. The van der Waals surface area contributed by atoms with Crippen LogP contribution in [0.25, 0.3) is 0 Å². The monoisotopic (exact) mass is 329 g/mol. The fourth-order valence-corrected chi connectivity index (χ4v) is 2.97. The number of thioether (sulfide) groups is 1. The Morgan fingerprint density at radius 2 is 2.00 bits per heavy atom. The molecular formula is C14H17ClFN3OS. The molecule has 0 atom stereocenters. The van der Waals surface area contributed by atoms with Gasteiger partial charge in [0.15, 0.2) is 5.82 Å². The lowest BCUT2D eigenvalue weighted by molar-refractivity contribution is 0.229. The van der Waals surface area contributed by atoms with Crippen LogP contribution in [0.5, 0.6) is 0 Å². The molecule has 1 aromatic carbocycles. The van der Waals surface area contributed by atoms with Crippen molar-refractivity contribution in [1.29, 1.82) is 0 Å². The number of aryl methyl sites for hydroxylation is 1. The summed E-state index contributed by atoms with van der Waals surface area (Å²) in [6.07, 6.45) is 3.67. The number of hydrogen-bond donors (Lipinski definition) is 1. The average Bonchev–Trinajstić information content (AvgIpc) is 2.87. The first-order valence-electron chi connectivity index (χ1n) is 6.66. The van der Waals surface area contributed by atoms with Gasteiger partial charge in [-0.1, -0.05) is 5.16 Å². The van der Waals surface area contributed by atoms with Crippen LogP contribution in [0.4, 0.5) is 4.39 Å². The first-order valence-corrected chi connectivity index (χ1v) is 7.65. The smallest absolute Gasteiger partial charge is 0.227 e. The van der Waals surface area contributed by atoms with E-state index in [9.17, 15) is 4.39 Å². The maximum Gasteiger partial charge on any atom is 0.227 e. The van der Waals surface area contributed by atoms with Gasteiger partial charge < -0.3 is 10.3 Å². The maximum absolute atomic E-state index is 12.8.